The fourth-order valence-electron chi connectivity index (χ4n) is 2.41. The number of para-hydroxylation sites is 1. The molecule has 1 N–H and O–H groups in total. The van der Waals surface area contributed by atoms with E-state index in [-0.39, 0.29) is 0 Å². The summed E-state index contributed by atoms with van der Waals surface area (Å²) in [5, 5.41) is 4.75. The number of nitrogens with one attached hydrogen (secondary N) is 1. The minimum Gasteiger partial charge on any atom is -0.383 e. The Morgan fingerprint density at radius 2 is 2.11 bits per heavy atom. The molecule has 1 heterocycles. The molecular weight excluding hydrogens is 304 g/mol. The van der Waals surface area contributed by atoms with Gasteiger partial charge in [-0.2, -0.15) is 0 Å². The summed E-state index contributed by atoms with van der Waals surface area (Å²) in [4.78, 5) is 0. The van der Waals surface area contributed by atoms with Crippen LogP contribution in [-0.2, 0) is 11.3 Å². The zero-order chi connectivity index (χ0) is 13.8. The standard InChI is InChI=1S/C15H21BrN2O/c1-11(10-19-3)17-8-9-18-12(2)15(16)13-6-4-5-7-14(13)18/h4-7,11,17H,8-10H2,1-3H3. The van der Waals surface area contributed by atoms with Gasteiger partial charge in [0.1, 0.15) is 0 Å². The molecule has 0 amide bonds. The van der Waals surface area contributed by atoms with Crippen molar-refractivity contribution in [3.63, 3.8) is 0 Å². The number of halogens is 1. The van der Waals surface area contributed by atoms with Crippen LogP contribution < -0.4 is 5.32 Å². The number of rotatable bonds is 6. The molecule has 0 radical (unpaired) electrons. The lowest BCUT2D eigenvalue weighted by Gasteiger charge is -2.14. The van der Waals surface area contributed by atoms with Crippen LogP contribution in [0.25, 0.3) is 10.9 Å². The molecule has 4 heteroatoms. The predicted molar refractivity (Wildman–Crippen MR) is 83.7 cm³/mol. The minimum absolute atomic E-state index is 0.385. The second-order valence-corrected chi connectivity index (χ2v) is 5.67. The van der Waals surface area contributed by atoms with E-state index in [1.807, 2.05) is 0 Å². The van der Waals surface area contributed by atoms with Gasteiger partial charge in [-0.3, -0.25) is 0 Å². The molecule has 0 aliphatic rings. The second kappa shape index (κ2) is 6.55. The quantitative estimate of drug-likeness (QED) is 0.882. The Labute approximate surface area is 123 Å². The number of methoxy groups -OCH3 is 1. The van der Waals surface area contributed by atoms with Crippen molar-refractivity contribution in [2.45, 2.75) is 26.4 Å². The Bertz CT molecular complexity index is 550. The zero-order valence-corrected chi connectivity index (χ0v) is 13.3. The van der Waals surface area contributed by atoms with E-state index in [0.717, 1.165) is 19.7 Å². The third-order valence-corrected chi connectivity index (χ3v) is 4.40. The highest BCUT2D eigenvalue weighted by Crippen LogP contribution is 2.30. The summed E-state index contributed by atoms with van der Waals surface area (Å²) < 4.78 is 8.68. The van der Waals surface area contributed by atoms with E-state index in [0.29, 0.717) is 6.04 Å². The van der Waals surface area contributed by atoms with Crippen LogP contribution in [0.3, 0.4) is 0 Å². The first kappa shape index (κ1) is 14.6. The SMILES string of the molecule is COCC(C)NCCn1c(C)c(Br)c2ccccc21. The third kappa shape index (κ3) is 3.19. The van der Waals surface area contributed by atoms with Crippen molar-refractivity contribution in [1.29, 1.82) is 0 Å². The number of hydrogen-bond donors (Lipinski definition) is 1. The van der Waals surface area contributed by atoms with Crippen molar-refractivity contribution < 1.29 is 4.74 Å². The van der Waals surface area contributed by atoms with E-state index < -0.39 is 0 Å². The molecule has 1 aromatic carbocycles. The van der Waals surface area contributed by atoms with E-state index in [2.05, 4.69) is 63.9 Å². The molecule has 1 aromatic heterocycles. The van der Waals surface area contributed by atoms with Crippen LogP contribution in [0.5, 0.6) is 0 Å². The summed E-state index contributed by atoms with van der Waals surface area (Å²) in [7, 11) is 1.74. The monoisotopic (exact) mass is 324 g/mol. The zero-order valence-electron chi connectivity index (χ0n) is 11.7. The molecule has 0 spiro atoms. The van der Waals surface area contributed by atoms with Crippen LogP contribution in [0.15, 0.2) is 28.7 Å². The molecule has 2 rings (SSSR count). The largest absolute Gasteiger partial charge is 0.383 e. The fourth-order valence-corrected chi connectivity index (χ4v) is 2.96. The number of aromatic nitrogens is 1. The molecule has 0 saturated carbocycles. The lowest BCUT2D eigenvalue weighted by atomic mass is 10.2. The minimum atomic E-state index is 0.385. The van der Waals surface area contributed by atoms with E-state index in [9.17, 15) is 0 Å². The molecule has 1 unspecified atom stereocenters. The van der Waals surface area contributed by atoms with Crippen LogP contribution in [0.1, 0.15) is 12.6 Å². The molecule has 2 aromatic rings. The summed E-state index contributed by atoms with van der Waals surface area (Å²) >= 11 is 3.69. The van der Waals surface area contributed by atoms with Crippen molar-refractivity contribution in [1.82, 2.24) is 9.88 Å². The van der Waals surface area contributed by atoms with Gasteiger partial charge >= 0.3 is 0 Å². The highest BCUT2D eigenvalue weighted by molar-refractivity contribution is 9.10. The number of ether oxygens (including phenoxy) is 1. The van der Waals surface area contributed by atoms with Gasteiger partial charge < -0.3 is 14.6 Å². The van der Waals surface area contributed by atoms with Crippen LogP contribution >= 0.6 is 15.9 Å². The van der Waals surface area contributed by atoms with Gasteiger partial charge in [-0.25, -0.2) is 0 Å². The second-order valence-electron chi connectivity index (χ2n) is 4.88. The molecule has 1 atom stereocenters. The molecule has 0 aliphatic carbocycles. The first-order valence-corrected chi connectivity index (χ1v) is 7.40. The Morgan fingerprint density at radius 1 is 1.37 bits per heavy atom. The lowest BCUT2D eigenvalue weighted by molar-refractivity contribution is 0.172. The molecule has 0 bridgehead atoms. The van der Waals surface area contributed by atoms with Crippen molar-refractivity contribution >= 4 is 26.8 Å². The highest BCUT2D eigenvalue weighted by Gasteiger charge is 2.11. The van der Waals surface area contributed by atoms with Crippen molar-refractivity contribution in [3.05, 3.63) is 34.4 Å². The van der Waals surface area contributed by atoms with Crippen LogP contribution in [0.4, 0.5) is 0 Å². The Balaban J connectivity index is 2.10. The summed E-state index contributed by atoms with van der Waals surface area (Å²) in [6.45, 7) is 6.94. The van der Waals surface area contributed by atoms with Crippen molar-refractivity contribution in [2.24, 2.45) is 0 Å². The molecule has 0 aliphatic heterocycles. The lowest BCUT2D eigenvalue weighted by Crippen LogP contribution is -2.32. The Kier molecular flexibility index (Phi) is 5.02. The smallest absolute Gasteiger partial charge is 0.0613 e. The number of benzene rings is 1. The van der Waals surface area contributed by atoms with Crippen LogP contribution in [-0.4, -0.2) is 30.9 Å². The first-order valence-electron chi connectivity index (χ1n) is 6.60. The maximum atomic E-state index is 5.13. The molecule has 3 nitrogen and oxygen atoms in total. The van der Waals surface area contributed by atoms with Gasteiger partial charge in [-0.1, -0.05) is 18.2 Å². The van der Waals surface area contributed by atoms with Gasteiger partial charge in [0.15, 0.2) is 0 Å². The number of nitrogens with zero attached hydrogens (tertiary/aromatic N) is 1. The van der Waals surface area contributed by atoms with Crippen LogP contribution in [0, 0.1) is 6.92 Å². The topological polar surface area (TPSA) is 26.2 Å². The molecule has 0 saturated heterocycles. The molecule has 19 heavy (non-hydrogen) atoms. The van der Waals surface area contributed by atoms with Crippen molar-refractivity contribution in [3.8, 4) is 0 Å². The predicted octanol–water partition coefficient (Wildman–Crippen LogP) is 3.34. The maximum Gasteiger partial charge on any atom is 0.0613 e. The Morgan fingerprint density at radius 3 is 2.84 bits per heavy atom. The fraction of sp³-hybridized carbons (Fsp3) is 0.467. The summed E-state index contributed by atoms with van der Waals surface area (Å²) in [5.41, 5.74) is 2.57. The summed E-state index contributed by atoms with van der Waals surface area (Å²) in [5.74, 6) is 0. The van der Waals surface area contributed by atoms with Gasteiger partial charge in [0, 0.05) is 47.3 Å². The summed E-state index contributed by atoms with van der Waals surface area (Å²) in [6, 6.07) is 8.88. The first-order chi connectivity index (χ1) is 9.15. The Hall–Kier alpha value is -0.840. The molecular formula is C15H21BrN2O. The molecule has 0 fully saturated rings. The van der Waals surface area contributed by atoms with E-state index in [4.69, 9.17) is 4.74 Å². The van der Waals surface area contributed by atoms with Crippen molar-refractivity contribution in [2.75, 3.05) is 20.3 Å². The normalized spacial score (nSPS) is 13.1. The third-order valence-electron chi connectivity index (χ3n) is 3.40. The molecule has 104 valence electrons. The van der Waals surface area contributed by atoms with Gasteiger partial charge in [0.25, 0.3) is 0 Å². The van der Waals surface area contributed by atoms with Gasteiger partial charge in [-0.15, -0.1) is 0 Å². The highest BCUT2D eigenvalue weighted by atomic mass is 79.9. The number of fused-ring (bicyclic) bond motifs is 1. The average Bonchev–Trinajstić information content (AvgIpc) is 2.65. The summed E-state index contributed by atoms with van der Waals surface area (Å²) in [6.07, 6.45) is 0. The maximum absolute atomic E-state index is 5.13. The van der Waals surface area contributed by atoms with Gasteiger partial charge in [0.05, 0.1) is 6.61 Å². The average molecular weight is 325 g/mol. The van der Waals surface area contributed by atoms with Gasteiger partial charge in [-0.05, 0) is 35.8 Å². The number of hydrogen-bond acceptors (Lipinski definition) is 2. The van der Waals surface area contributed by atoms with E-state index in [1.165, 1.54) is 21.1 Å². The van der Waals surface area contributed by atoms with Gasteiger partial charge in [0.2, 0.25) is 0 Å². The van der Waals surface area contributed by atoms with E-state index in [1.54, 1.807) is 7.11 Å². The van der Waals surface area contributed by atoms with Crippen LogP contribution in [0.2, 0.25) is 0 Å². The van der Waals surface area contributed by atoms with E-state index >= 15 is 0 Å².